The summed E-state index contributed by atoms with van der Waals surface area (Å²) in [6.07, 6.45) is 20.6. The summed E-state index contributed by atoms with van der Waals surface area (Å²) < 4.78 is 42.1. The minimum atomic E-state index is 0.160. The number of ether oxygens (including phenoxy) is 6. The zero-order valence-electron chi connectivity index (χ0n) is 27.9. The predicted molar refractivity (Wildman–Crippen MR) is 180 cm³/mol. The molecule has 0 aliphatic carbocycles. The number of unbranched alkanes of at least 4 members (excludes halogenated alkanes) is 14. The maximum Gasteiger partial charge on any atom is 0.165 e. The van der Waals surface area contributed by atoms with Crippen LogP contribution in [0, 0.1) is 0 Å². The summed E-state index contributed by atoms with van der Waals surface area (Å²) in [6, 6.07) is 8.05. The van der Waals surface area contributed by atoms with E-state index in [0.29, 0.717) is 37.9 Å². The summed E-state index contributed by atoms with van der Waals surface area (Å²) in [7, 11) is 0. The molecular weight excluding hydrogens is 568 g/mol. The maximum absolute atomic E-state index is 6.35. The highest BCUT2D eigenvalue weighted by atomic mass is 16.6. The Hall–Kier alpha value is -2.64. The molecular formula is C38H56O7. The van der Waals surface area contributed by atoms with Crippen LogP contribution >= 0.6 is 0 Å². The van der Waals surface area contributed by atoms with Gasteiger partial charge in [0.25, 0.3) is 0 Å². The Balaban J connectivity index is 1.25. The third-order valence-electron chi connectivity index (χ3n) is 8.77. The molecule has 2 atom stereocenters. The van der Waals surface area contributed by atoms with E-state index in [1.54, 1.807) is 0 Å². The molecule has 2 saturated heterocycles. The molecule has 0 saturated carbocycles. The first-order chi connectivity index (χ1) is 22.2. The average molecular weight is 625 g/mol. The van der Waals surface area contributed by atoms with Crippen LogP contribution in [0.15, 0.2) is 28.7 Å². The van der Waals surface area contributed by atoms with Crippen LogP contribution in [0.25, 0.3) is 21.9 Å². The summed E-state index contributed by atoms with van der Waals surface area (Å²) in [6.45, 7) is 8.38. The van der Waals surface area contributed by atoms with Crippen molar-refractivity contribution in [3.05, 3.63) is 24.3 Å². The van der Waals surface area contributed by atoms with Crippen LogP contribution in [0.4, 0.5) is 0 Å². The van der Waals surface area contributed by atoms with Crippen LogP contribution < -0.4 is 18.9 Å². The molecule has 3 aromatic rings. The van der Waals surface area contributed by atoms with Crippen molar-refractivity contribution in [2.24, 2.45) is 0 Å². The molecule has 45 heavy (non-hydrogen) atoms. The highest BCUT2D eigenvalue weighted by molar-refractivity contribution is 6.07. The smallest absolute Gasteiger partial charge is 0.165 e. The summed E-state index contributed by atoms with van der Waals surface area (Å²) >= 11 is 0. The van der Waals surface area contributed by atoms with Crippen molar-refractivity contribution in [1.29, 1.82) is 0 Å². The lowest BCUT2D eigenvalue weighted by Gasteiger charge is -2.13. The van der Waals surface area contributed by atoms with Crippen molar-refractivity contribution >= 4 is 21.9 Å². The highest BCUT2D eigenvalue weighted by Gasteiger charge is 2.26. The highest BCUT2D eigenvalue weighted by Crippen LogP contribution is 2.42. The van der Waals surface area contributed by atoms with Gasteiger partial charge in [-0.1, -0.05) is 104 Å². The van der Waals surface area contributed by atoms with E-state index in [2.05, 4.69) is 26.0 Å². The molecule has 0 radical (unpaired) electrons. The molecule has 2 aliphatic rings. The molecule has 3 heterocycles. The molecule has 2 fully saturated rings. The number of epoxide rings is 2. The van der Waals surface area contributed by atoms with E-state index in [0.717, 1.165) is 59.5 Å². The number of benzene rings is 2. The quantitative estimate of drug-likeness (QED) is 0.0650. The zero-order chi connectivity index (χ0) is 31.1. The normalized spacial score (nSPS) is 17.2. The molecule has 1 aromatic heterocycles. The van der Waals surface area contributed by atoms with Gasteiger partial charge in [-0.15, -0.1) is 0 Å². The minimum absolute atomic E-state index is 0.160. The Labute approximate surface area is 270 Å². The molecule has 2 unspecified atom stereocenters. The average Bonchev–Trinajstić information content (AvgIpc) is 3.99. The first-order valence-electron chi connectivity index (χ1n) is 18.0. The van der Waals surface area contributed by atoms with E-state index in [9.17, 15) is 0 Å². The van der Waals surface area contributed by atoms with Crippen molar-refractivity contribution in [2.75, 3.05) is 39.6 Å². The maximum atomic E-state index is 6.35. The summed E-state index contributed by atoms with van der Waals surface area (Å²) in [5.74, 6) is 2.90. The Bertz CT molecular complexity index is 1180. The van der Waals surface area contributed by atoms with Gasteiger partial charge in [0.15, 0.2) is 23.0 Å². The number of furan rings is 1. The van der Waals surface area contributed by atoms with Gasteiger partial charge in [0.2, 0.25) is 0 Å². The zero-order valence-corrected chi connectivity index (χ0v) is 27.9. The first-order valence-corrected chi connectivity index (χ1v) is 18.0. The second kappa shape index (κ2) is 18.5. The van der Waals surface area contributed by atoms with Crippen molar-refractivity contribution in [3.8, 4) is 23.0 Å². The monoisotopic (exact) mass is 624 g/mol. The van der Waals surface area contributed by atoms with Gasteiger partial charge in [0.1, 0.15) is 36.6 Å². The lowest BCUT2D eigenvalue weighted by molar-refractivity contribution is 0.239. The summed E-state index contributed by atoms with van der Waals surface area (Å²) in [4.78, 5) is 0. The first kappa shape index (κ1) is 33.7. The van der Waals surface area contributed by atoms with E-state index in [1.165, 1.54) is 89.9 Å². The number of rotatable bonds is 26. The van der Waals surface area contributed by atoms with Gasteiger partial charge in [0.05, 0.1) is 26.4 Å². The van der Waals surface area contributed by atoms with Crippen LogP contribution in [-0.4, -0.2) is 51.8 Å². The molecule has 5 rings (SSSR count). The van der Waals surface area contributed by atoms with Gasteiger partial charge in [-0.3, -0.25) is 0 Å². The Kier molecular flexibility index (Phi) is 13.9. The number of fused-ring (bicyclic) bond motifs is 3. The largest absolute Gasteiger partial charge is 0.490 e. The van der Waals surface area contributed by atoms with Gasteiger partial charge in [-0.05, 0) is 25.0 Å². The molecule has 250 valence electrons. The fourth-order valence-corrected chi connectivity index (χ4v) is 5.77. The third-order valence-corrected chi connectivity index (χ3v) is 8.77. The van der Waals surface area contributed by atoms with E-state index in [4.69, 9.17) is 32.8 Å². The molecule has 0 N–H and O–H groups in total. The van der Waals surface area contributed by atoms with Gasteiger partial charge >= 0.3 is 0 Å². The summed E-state index contributed by atoms with van der Waals surface area (Å²) in [5, 5.41) is 1.97. The molecule has 7 heteroatoms. The minimum Gasteiger partial charge on any atom is -0.490 e. The molecule has 0 spiro atoms. The van der Waals surface area contributed by atoms with Crippen molar-refractivity contribution < 1.29 is 32.8 Å². The molecule has 2 aliphatic heterocycles. The second-order valence-electron chi connectivity index (χ2n) is 12.9. The van der Waals surface area contributed by atoms with Gasteiger partial charge in [-0.25, -0.2) is 0 Å². The topological polar surface area (TPSA) is 75.1 Å². The standard InChI is InChI=1S/C38H56O7/c1-3-5-7-9-11-13-15-17-19-39-35-21-31-32-22-36(40-20-18-16-14-12-10-8-6-4-2)38(44-28-30-26-42-30)24-34(32)45-33(31)23-37(35)43-27-29-25-41-29/h21-24,29-30H,3-20,25-28H2,1-2H3. The Morgan fingerprint density at radius 1 is 0.489 bits per heavy atom. The van der Waals surface area contributed by atoms with E-state index in [-0.39, 0.29) is 12.2 Å². The number of hydrogen-bond donors (Lipinski definition) is 0. The van der Waals surface area contributed by atoms with E-state index >= 15 is 0 Å². The van der Waals surface area contributed by atoms with E-state index in [1.807, 2.05) is 12.1 Å². The third kappa shape index (κ3) is 11.3. The lowest BCUT2D eigenvalue weighted by Crippen LogP contribution is -2.06. The summed E-state index contributed by atoms with van der Waals surface area (Å²) in [5.41, 5.74) is 1.51. The molecule has 0 bridgehead atoms. The van der Waals surface area contributed by atoms with Crippen molar-refractivity contribution in [3.63, 3.8) is 0 Å². The van der Waals surface area contributed by atoms with Crippen molar-refractivity contribution in [1.82, 2.24) is 0 Å². The molecule has 7 nitrogen and oxygen atoms in total. The van der Waals surface area contributed by atoms with E-state index < -0.39 is 0 Å². The van der Waals surface area contributed by atoms with Crippen LogP contribution in [0.2, 0.25) is 0 Å². The van der Waals surface area contributed by atoms with Crippen LogP contribution in [-0.2, 0) is 9.47 Å². The second-order valence-corrected chi connectivity index (χ2v) is 12.9. The van der Waals surface area contributed by atoms with Gasteiger partial charge < -0.3 is 32.8 Å². The SMILES string of the molecule is CCCCCCCCCCOc1cc2c(cc1OCC1CO1)oc1cc(OCC3CO3)c(OCCCCCCCCCC)cc12. The van der Waals surface area contributed by atoms with Gasteiger partial charge in [0, 0.05) is 22.9 Å². The fourth-order valence-electron chi connectivity index (χ4n) is 5.77. The molecule has 2 aromatic carbocycles. The Morgan fingerprint density at radius 2 is 0.844 bits per heavy atom. The van der Waals surface area contributed by atoms with Gasteiger partial charge in [-0.2, -0.15) is 0 Å². The fraction of sp³-hybridized carbons (Fsp3) is 0.684. The number of hydrogen-bond acceptors (Lipinski definition) is 7. The Morgan fingerprint density at radius 3 is 1.22 bits per heavy atom. The van der Waals surface area contributed by atoms with Crippen molar-refractivity contribution in [2.45, 2.75) is 129 Å². The van der Waals surface area contributed by atoms with Crippen LogP contribution in [0.3, 0.4) is 0 Å². The lowest BCUT2D eigenvalue weighted by atomic mass is 10.1. The molecule has 0 amide bonds. The predicted octanol–water partition coefficient (Wildman–Crippen LogP) is 10.2. The van der Waals surface area contributed by atoms with Crippen LogP contribution in [0.5, 0.6) is 23.0 Å². The van der Waals surface area contributed by atoms with Crippen LogP contribution in [0.1, 0.15) is 117 Å².